The van der Waals surface area contributed by atoms with Crippen molar-refractivity contribution < 1.29 is 22.4 Å². The summed E-state index contributed by atoms with van der Waals surface area (Å²) in [6.07, 6.45) is -3.52. The minimum atomic E-state index is -4.75. The van der Waals surface area contributed by atoms with Gasteiger partial charge in [-0.2, -0.15) is 18.2 Å². The largest absolute Gasteiger partial charge is 0.417 e. The number of alkyl halides is 3. The Bertz CT molecular complexity index is 1510. The highest BCUT2D eigenvalue weighted by atomic mass is 32.2. The van der Waals surface area contributed by atoms with Crippen LogP contribution in [0.2, 0.25) is 0 Å². The van der Waals surface area contributed by atoms with E-state index in [9.17, 15) is 27.2 Å². The Morgan fingerprint density at radius 1 is 1.15 bits per heavy atom. The predicted octanol–water partition coefficient (Wildman–Crippen LogP) is 4.27. The number of rotatable bonds is 3. The van der Waals surface area contributed by atoms with Crippen molar-refractivity contribution in [2.24, 2.45) is 5.73 Å². The van der Waals surface area contributed by atoms with Gasteiger partial charge in [-0.1, -0.05) is 18.7 Å². The summed E-state index contributed by atoms with van der Waals surface area (Å²) in [5.74, 6) is -0.416. The van der Waals surface area contributed by atoms with Gasteiger partial charge in [-0.15, -0.1) is 11.8 Å². The standard InChI is InChI=1S/C27H27F4N5O2S/c1-4-21(37)36-14(2)10-34(11-15(36)3)25-19-9-20(27(29,30)31)22(16-5-7-17(28)8-6-16)24-23(19)35(26(38)33-25)12-18(32)13-39-24/h4-9,14-15,18H,1,10-13,32H2,2-3H3/t14-,15+,18?. The second kappa shape index (κ2) is 9.98. The van der Waals surface area contributed by atoms with Crippen LogP contribution in [0, 0.1) is 5.82 Å². The third-order valence-corrected chi connectivity index (χ3v) is 8.42. The molecule has 0 aliphatic carbocycles. The first-order chi connectivity index (χ1) is 18.4. The number of thioether (sulfide) groups is 1. The molecule has 2 aliphatic heterocycles. The summed E-state index contributed by atoms with van der Waals surface area (Å²) < 4.78 is 59.0. The number of hydrogen-bond donors (Lipinski definition) is 1. The van der Waals surface area contributed by atoms with E-state index in [2.05, 4.69) is 11.6 Å². The summed E-state index contributed by atoms with van der Waals surface area (Å²) in [5, 5.41) is 0.173. The molecule has 2 aliphatic rings. The molecule has 206 valence electrons. The van der Waals surface area contributed by atoms with E-state index < -0.39 is 29.3 Å². The molecule has 3 heterocycles. The van der Waals surface area contributed by atoms with Crippen LogP contribution in [0.1, 0.15) is 19.4 Å². The Morgan fingerprint density at radius 3 is 2.38 bits per heavy atom. The van der Waals surface area contributed by atoms with Gasteiger partial charge < -0.3 is 15.5 Å². The van der Waals surface area contributed by atoms with Crippen LogP contribution in [0.25, 0.3) is 22.0 Å². The quantitative estimate of drug-likeness (QED) is 0.380. The fourth-order valence-corrected chi connectivity index (χ4v) is 6.80. The van der Waals surface area contributed by atoms with Gasteiger partial charge in [0.1, 0.15) is 11.6 Å². The van der Waals surface area contributed by atoms with Crippen LogP contribution < -0.4 is 16.3 Å². The van der Waals surface area contributed by atoms with E-state index in [0.717, 1.165) is 30.0 Å². The van der Waals surface area contributed by atoms with E-state index in [4.69, 9.17) is 5.73 Å². The minimum absolute atomic E-state index is 0.0885. The molecule has 0 saturated carbocycles. The third-order valence-electron chi connectivity index (χ3n) is 7.14. The summed E-state index contributed by atoms with van der Waals surface area (Å²) in [5.41, 5.74) is 5.08. The van der Waals surface area contributed by atoms with Crippen molar-refractivity contribution in [2.45, 2.75) is 49.6 Å². The monoisotopic (exact) mass is 561 g/mol. The lowest BCUT2D eigenvalue weighted by Gasteiger charge is -2.44. The molecular formula is C27H27F4N5O2S. The number of nitrogens with zero attached hydrogens (tertiary/aromatic N) is 4. The molecule has 1 fully saturated rings. The summed E-state index contributed by atoms with van der Waals surface area (Å²) in [4.78, 5) is 33.7. The molecule has 3 atom stereocenters. The van der Waals surface area contributed by atoms with Crippen molar-refractivity contribution in [2.75, 3.05) is 23.7 Å². The number of amides is 1. The first-order valence-corrected chi connectivity index (χ1v) is 13.4. The first kappa shape index (κ1) is 27.2. The van der Waals surface area contributed by atoms with Crippen molar-refractivity contribution in [3.63, 3.8) is 0 Å². The molecule has 5 rings (SSSR count). The second-order valence-corrected chi connectivity index (χ2v) is 11.0. The van der Waals surface area contributed by atoms with E-state index in [1.807, 2.05) is 13.8 Å². The molecule has 1 amide bonds. The summed E-state index contributed by atoms with van der Waals surface area (Å²) >= 11 is 1.15. The lowest BCUT2D eigenvalue weighted by atomic mass is 9.96. The Hall–Kier alpha value is -3.38. The maximum absolute atomic E-state index is 14.6. The molecule has 7 nitrogen and oxygen atoms in total. The van der Waals surface area contributed by atoms with Crippen molar-refractivity contribution in [1.82, 2.24) is 14.5 Å². The topological polar surface area (TPSA) is 84.5 Å². The minimum Gasteiger partial charge on any atom is -0.352 e. The highest BCUT2D eigenvalue weighted by molar-refractivity contribution is 7.99. The molecule has 2 aromatic carbocycles. The predicted molar refractivity (Wildman–Crippen MR) is 143 cm³/mol. The van der Waals surface area contributed by atoms with Crippen molar-refractivity contribution in [3.8, 4) is 11.1 Å². The molecule has 1 saturated heterocycles. The van der Waals surface area contributed by atoms with E-state index >= 15 is 0 Å². The number of halogens is 4. The zero-order valence-electron chi connectivity index (χ0n) is 21.3. The molecule has 12 heteroatoms. The van der Waals surface area contributed by atoms with Crippen molar-refractivity contribution >= 4 is 34.4 Å². The summed E-state index contributed by atoms with van der Waals surface area (Å²) in [6.45, 7) is 7.83. The number of nitrogens with two attached hydrogens (primary N) is 1. The molecule has 0 radical (unpaired) electrons. The van der Waals surface area contributed by atoms with Crippen LogP contribution in [0.3, 0.4) is 0 Å². The fourth-order valence-electron chi connectivity index (χ4n) is 5.58. The zero-order valence-corrected chi connectivity index (χ0v) is 22.2. The molecule has 2 N–H and O–H groups in total. The van der Waals surface area contributed by atoms with Gasteiger partial charge in [0, 0.05) is 59.4 Å². The zero-order chi connectivity index (χ0) is 28.2. The molecular weight excluding hydrogens is 534 g/mol. The number of aromatic nitrogens is 2. The molecule has 0 spiro atoms. The van der Waals surface area contributed by atoms with Gasteiger partial charge in [0.25, 0.3) is 0 Å². The van der Waals surface area contributed by atoms with Crippen molar-refractivity contribution in [3.05, 3.63) is 64.9 Å². The smallest absolute Gasteiger partial charge is 0.352 e. The normalized spacial score (nSPS) is 21.7. The Balaban J connectivity index is 1.81. The highest BCUT2D eigenvalue weighted by Gasteiger charge is 2.39. The van der Waals surface area contributed by atoms with Crippen molar-refractivity contribution in [1.29, 1.82) is 0 Å². The average Bonchev–Trinajstić information content (AvgIpc) is 3.05. The number of anilines is 1. The SMILES string of the molecule is C=CC(=O)N1[C@H](C)CN(c2nc(=O)n3c4c(c(-c5ccc(F)cc5)c(C(F)(F)F)cc24)SCC(N)C3)C[C@@H]1C. The summed E-state index contributed by atoms with van der Waals surface area (Å²) in [7, 11) is 0. The maximum Gasteiger partial charge on any atom is 0.417 e. The van der Waals surface area contributed by atoms with Crippen LogP contribution in [-0.2, 0) is 17.5 Å². The van der Waals surface area contributed by atoms with Gasteiger partial charge in [-0.05, 0) is 43.7 Å². The van der Waals surface area contributed by atoms with Crippen LogP contribution in [0.5, 0.6) is 0 Å². The number of carbonyl (C=O) groups excluding carboxylic acids is 1. The van der Waals surface area contributed by atoms with E-state index in [1.54, 1.807) is 9.80 Å². The fraction of sp³-hybridized carbons (Fsp3) is 0.370. The lowest BCUT2D eigenvalue weighted by Crippen LogP contribution is -2.58. The summed E-state index contributed by atoms with van der Waals surface area (Å²) in [6, 6.07) is 4.74. The second-order valence-electron chi connectivity index (χ2n) is 9.98. The van der Waals surface area contributed by atoms with Crippen LogP contribution in [-0.4, -0.2) is 57.3 Å². The van der Waals surface area contributed by atoms with Gasteiger partial charge in [0.15, 0.2) is 0 Å². The molecule has 3 aromatic rings. The van der Waals surface area contributed by atoms with Gasteiger partial charge in [-0.25, -0.2) is 9.18 Å². The highest BCUT2D eigenvalue weighted by Crippen LogP contribution is 2.48. The first-order valence-electron chi connectivity index (χ1n) is 12.4. The van der Waals surface area contributed by atoms with Gasteiger partial charge in [0.05, 0.1) is 11.1 Å². The maximum atomic E-state index is 14.6. The number of carbonyl (C=O) groups is 1. The molecule has 1 aromatic heterocycles. The Morgan fingerprint density at radius 2 is 1.79 bits per heavy atom. The third kappa shape index (κ3) is 4.80. The number of benzene rings is 2. The molecule has 39 heavy (non-hydrogen) atoms. The number of hydrogen-bond acceptors (Lipinski definition) is 6. The Kier molecular flexibility index (Phi) is 6.96. The van der Waals surface area contributed by atoms with E-state index in [-0.39, 0.29) is 70.6 Å². The van der Waals surface area contributed by atoms with Gasteiger partial charge in [-0.3, -0.25) is 9.36 Å². The molecule has 0 bridgehead atoms. The van der Waals surface area contributed by atoms with E-state index in [0.29, 0.717) is 5.52 Å². The van der Waals surface area contributed by atoms with Crippen LogP contribution in [0.15, 0.2) is 52.7 Å². The molecule has 1 unspecified atom stereocenters. The lowest BCUT2D eigenvalue weighted by molar-refractivity contribution is -0.137. The van der Waals surface area contributed by atoms with Gasteiger partial charge >= 0.3 is 11.9 Å². The Labute approximate surface area is 226 Å². The van der Waals surface area contributed by atoms with Crippen LogP contribution in [0.4, 0.5) is 23.4 Å². The van der Waals surface area contributed by atoms with Gasteiger partial charge in [0.2, 0.25) is 5.91 Å². The van der Waals surface area contributed by atoms with E-state index in [1.165, 1.54) is 22.8 Å². The van der Waals surface area contributed by atoms with Crippen LogP contribution >= 0.6 is 11.8 Å². The number of piperazine rings is 1. The average molecular weight is 562 g/mol.